The third-order valence-corrected chi connectivity index (χ3v) is 6.82. The van der Waals surface area contributed by atoms with Crippen LogP contribution in [0.3, 0.4) is 0 Å². The molecule has 0 atom stereocenters. The molecule has 24 heavy (non-hydrogen) atoms. The second-order valence-electron chi connectivity index (χ2n) is 6.05. The van der Waals surface area contributed by atoms with Crippen LogP contribution in [0.2, 0.25) is 0 Å². The van der Waals surface area contributed by atoms with E-state index in [1.165, 1.54) is 13.2 Å². The number of carbonyl (C=O) groups is 1. The first kappa shape index (κ1) is 17.0. The number of para-hydroxylation sites is 1. The number of hydrogen-bond acceptors (Lipinski definition) is 5. The van der Waals surface area contributed by atoms with E-state index in [1.807, 2.05) is 24.3 Å². The minimum atomic E-state index is -3.10. The first-order chi connectivity index (χ1) is 11.5. The van der Waals surface area contributed by atoms with E-state index in [4.69, 9.17) is 0 Å². The molecule has 0 radical (unpaired) electrons. The van der Waals surface area contributed by atoms with Crippen LogP contribution in [0.15, 0.2) is 30.3 Å². The Hall–Kier alpha value is -1.86. The van der Waals surface area contributed by atoms with Crippen LogP contribution in [0.5, 0.6) is 0 Å². The van der Waals surface area contributed by atoms with Crippen molar-refractivity contribution in [3.8, 4) is 0 Å². The van der Waals surface area contributed by atoms with E-state index in [0.717, 1.165) is 24.1 Å². The predicted molar refractivity (Wildman–Crippen MR) is 93.2 cm³/mol. The maximum atomic E-state index is 12.3. The summed E-state index contributed by atoms with van der Waals surface area (Å²) in [6, 6.07) is 7.77. The van der Waals surface area contributed by atoms with E-state index in [2.05, 4.69) is 9.64 Å². The summed E-state index contributed by atoms with van der Waals surface area (Å²) in [5.74, 6) is -0.398. The van der Waals surface area contributed by atoms with Gasteiger partial charge in [0.05, 0.1) is 12.4 Å². The molecule has 1 aliphatic heterocycles. The topological polar surface area (TPSA) is 66.9 Å². The van der Waals surface area contributed by atoms with Crippen LogP contribution < -0.4 is 4.90 Å². The number of benzene rings is 1. The van der Waals surface area contributed by atoms with Gasteiger partial charge < -0.3 is 9.64 Å². The molecule has 1 aliphatic carbocycles. The largest absolute Gasteiger partial charge is 0.466 e. The van der Waals surface area contributed by atoms with Crippen molar-refractivity contribution in [1.29, 1.82) is 0 Å². The van der Waals surface area contributed by atoms with Crippen LogP contribution >= 0.6 is 0 Å². The summed E-state index contributed by atoms with van der Waals surface area (Å²) < 4.78 is 30.9. The minimum absolute atomic E-state index is 0.153. The molecule has 1 saturated heterocycles. The summed E-state index contributed by atoms with van der Waals surface area (Å²) in [6.45, 7) is 2.31. The lowest BCUT2D eigenvalue weighted by atomic mass is 10.1. The van der Waals surface area contributed by atoms with Gasteiger partial charge in [0.25, 0.3) is 0 Å². The molecule has 1 aromatic rings. The molecule has 6 nitrogen and oxygen atoms in total. The summed E-state index contributed by atoms with van der Waals surface area (Å²) >= 11 is 0. The van der Waals surface area contributed by atoms with Gasteiger partial charge in [-0.1, -0.05) is 18.2 Å². The van der Waals surface area contributed by atoms with Crippen LogP contribution in [0, 0.1) is 0 Å². The van der Waals surface area contributed by atoms with Crippen molar-refractivity contribution in [1.82, 2.24) is 4.31 Å². The highest BCUT2D eigenvalue weighted by atomic mass is 32.2. The number of sulfonamides is 1. The fourth-order valence-electron chi connectivity index (χ4n) is 2.90. The zero-order chi connectivity index (χ0) is 17.2. The number of rotatable bonds is 5. The Bertz CT molecular complexity index is 733. The Kier molecular flexibility index (Phi) is 4.91. The van der Waals surface area contributed by atoms with Crippen LogP contribution in [0.4, 0.5) is 5.69 Å². The highest BCUT2D eigenvalue weighted by Gasteiger charge is 2.41. The van der Waals surface area contributed by atoms with Gasteiger partial charge in [0.15, 0.2) is 0 Å². The van der Waals surface area contributed by atoms with Crippen molar-refractivity contribution >= 4 is 27.8 Å². The van der Waals surface area contributed by atoms with Gasteiger partial charge in [0.2, 0.25) is 10.0 Å². The van der Waals surface area contributed by atoms with Crippen LogP contribution in [-0.2, 0) is 19.6 Å². The van der Waals surface area contributed by atoms with E-state index >= 15 is 0 Å². The number of nitrogens with zero attached hydrogens (tertiary/aromatic N) is 2. The fraction of sp³-hybridized carbons (Fsp3) is 0.471. The lowest BCUT2D eigenvalue weighted by Gasteiger charge is -2.36. The van der Waals surface area contributed by atoms with Crippen molar-refractivity contribution in [2.45, 2.75) is 18.1 Å². The van der Waals surface area contributed by atoms with Gasteiger partial charge in [-0.05, 0) is 30.5 Å². The third kappa shape index (κ3) is 3.62. The van der Waals surface area contributed by atoms with Gasteiger partial charge in [-0.25, -0.2) is 13.2 Å². The van der Waals surface area contributed by atoms with Crippen molar-refractivity contribution in [2.24, 2.45) is 0 Å². The number of anilines is 1. The van der Waals surface area contributed by atoms with Gasteiger partial charge in [0, 0.05) is 37.9 Å². The minimum Gasteiger partial charge on any atom is -0.466 e. The number of piperazine rings is 1. The van der Waals surface area contributed by atoms with Crippen LogP contribution in [0.1, 0.15) is 18.4 Å². The van der Waals surface area contributed by atoms with Gasteiger partial charge >= 0.3 is 5.97 Å². The SMILES string of the molecule is COC(=O)/C=C/c1ccccc1N1CCN(S(=O)(=O)C2CC2)CC1. The maximum Gasteiger partial charge on any atom is 0.330 e. The molecule has 1 heterocycles. The molecule has 3 rings (SSSR count). The average molecular weight is 350 g/mol. The van der Waals surface area contributed by atoms with Crippen molar-refractivity contribution in [2.75, 3.05) is 38.2 Å². The molecule has 7 heteroatoms. The van der Waals surface area contributed by atoms with E-state index < -0.39 is 16.0 Å². The first-order valence-electron chi connectivity index (χ1n) is 8.11. The van der Waals surface area contributed by atoms with Gasteiger partial charge in [-0.15, -0.1) is 0 Å². The lowest BCUT2D eigenvalue weighted by Crippen LogP contribution is -2.49. The second-order valence-corrected chi connectivity index (χ2v) is 8.26. The third-order valence-electron chi connectivity index (χ3n) is 4.42. The van der Waals surface area contributed by atoms with E-state index in [-0.39, 0.29) is 5.25 Å². The van der Waals surface area contributed by atoms with Gasteiger partial charge in [0.1, 0.15) is 0 Å². The monoisotopic (exact) mass is 350 g/mol. The van der Waals surface area contributed by atoms with Crippen LogP contribution in [0.25, 0.3) is 6.08 Å². The molecule has 0 spiro atoms. The molecule has 1 saturated carbocycles. The summed E-state index contributed by atoms with van der Waals surface area (Å²) in [5, 5.41) is -0.153. The smallest absolute Gasteiger partial charge is 0.330 e. The number of esters is 1. The molecular weight excluding hydrogens is 328 g/mol. The highest BCUT2D eigenvalue weighted by molar-refractivity contribution is 7.90. The number of hydrogen-bond donors (Lipinski definition) is 0. The first-order valence-corrected chi connectivity index (χ1v) is 9.61. The molecular formula is C17H22N2O4S. The number of methoxy groups -OCH3 is 1. The lowest BCUT2D eigenvalue weighted by molar-refractivity contribution is -0.134. The fourth-order valence-corrected chi connectivity index (χ4v) is 4.73. The zero-order valence-electron chi connectivity index (χ0n) is 13.7. The Morgan fingerprint density at radius 2 is 1.83 bits per heavy atom. The summed E-state index contributed by atoms with van der Waals surface area (Å²) in [4.78, 5) is 13.5. The molecule has 0 unspecified atom stereocenters. The van der Waals surface area contributed by atoms with Gasteiger partial charge in [-0.3, -0.25) is 0 Å². The van der Waals surface area contributed by atoms with Gasteiger partial charge in [-0.2, -0.15) is 4.31 Å². The molecule has 0 aromatic heterocycles. The maximum absolute atomic E-state index is 12.3. The highest BCUT2D eigenvalue weighted by Crippen LogP contribution is 2.32. The molecule has 2 fully saturated rings. The van der Waals surface area contributed by atoms with E-state index in [1.54, 1.807) is 10.4 Å². The Morgan fingerprint density at radius 1 is 1.17 bits per heavy atom. The van der Waals surface area contributed by atoms with E-state index in [9.17, 15) is 13.2 Å². The summed E-state index contributed by atoms with van der Waals surface area (Å²) in [5.41, 5.74) is 1.92. The summed E-state index contributed by atoms with van der Waals surface area (Å²) in [6.07, 6.45) is 4.72. The average Bonchev–Trinajstić information content (AvgIpc) is 3.45. The molecule has 0 bridgehead atoms. The predicted octanol–water partition coefficient (Wildman–Crippen LogP) is 1.49. The Morgan fingerprint density at radius 3 is 2.46 bits per heavy atom. The van der Waals surface area contributed by atoms with E-state index in [0.29, 0.717) is 26.2 Å². The Labute approximate surface area is 142 Å². The second kappa shape index (κ2) is 6.94. The normalized spacial score (nSPS) is 19.6. The Balaban J connectivity index is 1.70. The molecule has 2 aliphatic rings. The van der Waals surface area contributed by atoms with Crippen LogP contribution in [-0.4, -0.2) is 57.2 Å². The van der Waals surface area contributed by atoms with Crippen molar-refractivity contribution in [3.63, 3.8) is 0 Å². The number of ether oxygens (including phenoxy) is 1. The molecule has 1 aromatic carbocycles. The quantitative estimate of drug-likeness (QED) is 0.594. The summed E-state index contributed by atoms with van der Waals surface area (Å²) in [7, 11) is -1.75. The number of carbonyl (C=O) groups excluding carboxylic acids is 1. The zero-order valence-corrected chi connectivity index (χ0v) is 14.5. The standard InChI is InChI=1S/C17H22N2O4S/c1-23-17(20)9-6-14-4-2-3-5-16(14)18-10-12-19(13-11-18)24(21,22)15-7-8-15/h2-6,9,15H,7-8,10-13H2,1H3/b9-6+. The molecule has 130 valence electrons. The van der Waals surface area contributed by atoms with Crippen molar-refractivity contribution in [3.05, 3.63) is 35.9 Å². The molecule has 0 N–H and O–H groups in total. The molecule has 0 amide bonds. The van der Waals surface area contributed by atoms with Crippen molar-refractivity contribution < 1.29 is 17.9 Å².